The van der Waals surface area contributed by atoms with Gasteiger partial charge in [-0.05, 0) is 31.7 Å². The van der Waals surface area contributed by atoms with Gasteiger partial charge in [0, 0.05) is 18.5 Å². The Morgan fingerprint density at radius 3 is 2.29 bits per heavy atom. The van der Waals surface area contributed by atoms with Crippen LogP contribution in [0.4, 0.5) is 0 Å². The smallest absolute Gasteiger partial charge is 0.317 e. The normalized spacial score (nSPS) is 21.8. The molecular weight excluding hydrogens is 310 g/mol. The lowest BCUT2D eigenvalue weighted by Gasteiger charge is -2.42. The van der Waals surface area contributed by atoms with Crippen molar-refractivity contribution >= 4 is 17.8 Å². The van der Waals surface area contributed by atoms with Gasteiger partial charge in [0.05, 0.1) is 6.54 Å². The summed E-state index contributed by atoms with van der Waals surface area (Å²) < 4.78 is 0. The molecule has 0 saturated heterocycles. The molecule has 3 N–H and O–H groups in total. The van der Waals surface area contributed by atoms with Gasteiger partial charge in [0.1, 0.15) is 6.04 Å². The van der Waals surface area contributed by atoms with Crippen LogP contribution >= 0.6 is 0 Å². The number of carboxylic acid groups (broad SMARTS) is 1. The second kappa shape index (κ2) is 8.46. The van der Waals surface area contributed by atoms with E-state index in [2.05, 4.69) is 10.6 Å². The van der Waals surface area contributed by atoms with E-state index < -0.39 is 12.0 Å². The van der Waals surface area contributed by atoms with Crippen LogP contribution in [0.25, 0.3) is 0 Å². The summed E-state index contributed by atoms with van der Waals surface area (Å²) in [4.78, 5) is 36.7. The van der Waals surface area contributed by atoms with Crippen molar-refractivity contribution in [1.29, 1.82) is 0 Å². The van der Waals surface area contributed by atoms with E-state index in [1.54, 1.807) is 6.92 Å². The van der Waals surface area contributed by atoms with Crippen molar-refractivity contribution in [3.63, 3.8) is 0 Å². The van der Waals surface area contributed by atoms with Crippen LogP contribution in [-0.4, -0.2) is 59.0 Å². The Bertz CT molecular complexity index is 467. The molecule has 0 spiro atoms. The molecular formula is C17H31N3O4. The highest BCUT2D eigenvalue weighted by atomic mass is 16.4. The van der Waals surface area contributed by atoms with E-state index >= 15 is 0 Å². The SMILES string of the molecule is CCN(CC(=O)O)C1CC(NC(=O)C(C)NC(=O)CC(C)(C)C)C1. The number of likely N-dealkylation sites (N-methyl/N-ethyl adjacent to an activating group) is 1. The standard InChI is InChI=1S/C17H31N3O4/c1-6-20(10-15(22)23)13-7-12(8-13)19-16(24)11(2)18-14(21)9-17(3,4)5/h11-13H,6-10H2,1-5H3,(H,18,21)(H,19,24)(H,22,23). The minimum Gasteiger partial charge on any atom is -0.480 e. The molecule has 24 heavy (non-hydrogen) atoms. The van der Waals surface area contributed by atoms with Crippen molar-refractivity contribution in [2.45, 2.75) is 72.0 Å². The molecule has 1 fully saturated rings. The van der Waals surface area contributed by atoms with Crippen LogP contribution in [0.3, 0.4) is 0 Å². The summed E-state index contributed by atoms with van der Waals surface area (Å²) in [5.74, 6) is -1.16. The maximum atomic E-state index is 12.1. The zero-order valence-corrected chi connectivity index (χ0v) is 15.4. The predicted octanol–water partition coefficient (Wildman–Crippen LogP) is 0.981. The lowest BCUT2D eigenvalue weighted by Crippen LogP contribution is -2.57. The quantitative estimate of drug-likeness (QED) is 0.611. The van der Waals surface area contributed by atoms with Gasteiger partial charge in [0.2, 0.25) is 11.8 Å². The minimum absolute atomic E-state index is 0.0289. The third kappa shape index (κ3) is 6.86. The summed E-state index contributed by atoms with van der Waals surface area (Å²) >= 11 is 0. The molecule has 1 atom stereocenters. The third-order valence-corrected chi connectivity index (χ3v) is 4.18. The second-order valence-corrected chi connectivity index (χ2v) is 7.81. The number of carbonyl (C=O) groups is 3. The van der Waals surface area contributed by atoms with Crippen molar-refractivity contribution in [3.05, 3.63) is 0 Å². The Kier molecular flexibility index (Phi) is 7.20. The molecule has 138 valence electrons. The van der Waals surface area contributed by atoms with Crippen LogP contribution in [0.5, 0.6) is 0 Å². The van der Waals surface area contributed by atoms with Gasteiger partial charge in [-0.3, -0.25) is 19.3 Å². The summed E-state index contributed by atoms with van der Waals surface area (Å²) in [6.07, 6.45) is 1.86. The first-order valence-corrected chi connectivity index (χ1v) is 8.57. The zero-order chi connectivity index (χ0) is 18.5. The summed E-state index contributed by atoms with van der Waals surface area (Å²) in [6, 6.07) is -0.324. The number of nitrogens with zero attached hydrogens (tertiary/aromatic N) is 1. The molecule has 0 aromatic rings. The average Bonchev–Trinajstić information content (AvgIpc) is 2.37. The number of amides is 2. The fraction of sp³-hybridized carbons (Fsp3) is 0.824. The Balaban J connectivity index is 2.34. The molecule has 1 unspecified atom stereocenters. The van der Waals surface area contributed by atoms with Gasteiger partial charge in [0.15, 0.2) is 0 Å². The number of hydrogen-bond acceptors (Lipinski definition) is 4. The lowest BCUT2D eigenvalue weighted by atomic mass is 9.85. The highest BCUT2D eigenvalue weighted by Crippen LogP contribution is 2.25. The Labute approximate surface area is 144 Å². The first kappa shape index (κ1) is 20.4. The Morgan fingerprint density at radius 2 is 1.83 bits per heavy atom. The highest BCUT2D eigenvalue weighted by Gasteiger charge is 2.35. The number of aliphatic carboxylic acids is 1. The van der Waals surface area contributed by atoms with E-state index in [0.717, 1.165) is 12.8 Å². The molecule has 0 aliphatic heterocycles. The van der Waals surface area contributed by atoms with Crippen molar-refractivity contribution in [1.82, 2.24) is 15.5 Å². The average molecular weight is 341 g/mol. The summed E-state index contributed by atoms with van der Waals surface area (Å²) in [6.45, 7) is 10.2. The summed E-state index contributed by atoms with van der Waals surface area (Å²) in [5.41, 5.74) is -0.116. The van der Waals surface area contributed by atoms with Crippen LogP contribution in [0.15, 0.2) is 0 Å². The van der Waals surface area contributed by atoms with E-state index in [0.29, 0.717) is 13.0 Å². The van der Waals surface area contributed by atoms with Crippen molar-refractivity contribution in [3.8, 4) is 0 Å². The number of carboxylic acids is 1. The monoisotopic (exact) mass is 341 g/mol. The maximum absolute atomic E-state index is 12.1. The number of nitrogens with one attached hydrogen (secondary N) is 2. The molecule has 0 bridgehead atoms. The zero-order valence-electron chi connectivity index (χ0n) is 15.4. The number of hydrogen-bond donors (Lipinski definition) is 3. The number of carbonyl (C=O) groups excluding carboxylic acids is 2. The molecule has 0 aromatic heterocycles. The Hall–Kier alpha value is -1.63. The third-order valence-electron chi connectivity index (χ3n) is 4.18. The highest BCUT2D eigenvalue weighted by molar-refractivity contribution is 5.87. The van der Waals surface area contributed by atoms with Crippen molar-refractivity contribution in [2.24, 2.45) is 5.41 Å². The van der Waals surface area contributed by atoms with Gasteiger partial charge >= 0.3 is 5.97 Å². The van der Waals surface area contributed by atoms with Gasteiger partial charge < -0.3 is 15.7 Å². The maximum Gasteiger partial charge on any atom is 0.317 e. The first-order valence-electron chi connectivity index (χ1n) is 8.57. The van der Waals surface area contributed by atoms with E-state index in [9.17, 15) is 14.4 Å². The van der Waals surface area contributed by atoms with Gasteiger partial charge in [0.25, 0.3) is 0 Å². The van der Waals surface area contributed by atoms with Crippen LogP contribution in [-0.2, 0) is 14.4 Å². The van der Waals surface area contributed by atoms with Gasteiger partial charge in [-0.15, -0.1) is 0 Å². The second-order valence-electron chi connectivity index (χ2n) is 7.81. The van der Waals surface area contributed by atoms with Gasteiger partial charge in [-0.2, -0.15) is 0 Å². The molecule has 0 radical (unpaired) electrons. The molecule has 1 rings (SSSR count). The van der Waals surface area contributed by atoms with E-state index in [1.807, 2.05) is 32.6 Å². The fourth-order valence-electron chi connectivity index (χ4n) is 2.84. The Morgan fingerprint density at radius 1 is 1.25 bits per heavy atom. The van der Waals surface area contributed by atoms with E-state index in [4.69, 9.17) is 5.11 Å². The molecule has 0 heterocycles. The molecule has 7 nitrogen and oxygen atoms in total. The van der Waals surface area contributed by atoms with Crippen molar-refractivity contribution < 1.29 is 19.5 Å². The first-order chi connectivity index (χ1) is 11.0. The topological polar surface area (TPSA) is 98.7 Å². The molecule has 1 saturated carbocycles. The molecule has 2 amide bonds. The van der Waals surface area contributed by atoms with Crippen molar-refractivity contribution in [2.75, 3.05) is 13.1 Å². The van der Waals surface area contributed by atoms with Crippen LogP contribution < -0.4 is 10.6 Å². The van der Waals surface area contributed by atoms with Gasteiger partial charge in [-0.25, -0.2) is 0 Å². The van der Waals surface area contributed by atoms with Crippen LogP contribution in [0.1, 0.15) is 53.9 Å². The van der Waals surface area contributed by atoms with E-state index in [1.165, 1.54) is 0 Å². The number of rotatable bonds is 8. The molecule has 1 aliphatic carbocycles. The minimum atomic E-state index is -0.834. The fourth-order valence-corrected chi connectivity index (χ4v) is 2.84. The van der Waals surface area contributed by atoms with Crippen LogP contribution in [0, 0.1) is 5.41 Å². The molecule has 7 heteroatoms. The summed E-state index contributed by atoms with van der Waals surface area (Å²) in [7, 11) is 0. The molecule has 1 aliphatic rings. The predicted molar refractivity (Wildman–Crippen MR) is 91.5 cm³/mol. The van der Waals surface area contributed by atoms with Gasteiger partial charge in [-0.1, -0.05) is 27.7 Å². The van der Waals surface area contributed by atoms with Crippen LogP contribution in [0.2, 0.25) is 0 Å². The summed E-state index contributed by atoms with van der Waals surface area (Å²) in [5, 5.41) is 14.5. The lowest BCUT2D eigenvalue weighted by molar-refractivity contribution is -0.139. The largest absolute Gasteiger partial charge is 0.480 e. The molecule has 0 aromatic carbocycles. The van der Waals surface area contributed by atoms with E-state index in [-0.39, 0.29) is 35.9 Å².